The fourth-order valence-corrected chi connectivity index (χ4v) is 5.73. The Labute approximate surface area is 210 Å². The van der Waals surface area contributed by atoms with Crippen LogP contribution < -0.4 is 14.8 Å². The highest BCUT2D eigenvalue weighted by atomic mass is 32.2. The van der Waals surface area contributed by atoms with Gasteiger partial charge in [0.2, 0.25) is 0 Å². The standard InChI is InChI=1S/C21H18F6N4O6S/c1-19(9-38(34,35)10-19)29-17(33)14-6-12-5-13(2-3-31(12)30-14)37-18-15(36-8-20(22,23)24)4-11(7-28-18)16(32)21(25,26)27/h2-7,16,32H,8-10H2,1H3,(H,29,33)/t16-/m0/s1. The zero-order valence-electron chi connectivity index (χ0n) is 19.2. The van der Waals surface area contributed by atoms with Crippen LogP contribution in [0.4, 0.5) is 26.3 Å². The van der Waals surface area contributed by atoms with E-state index >= 15 is 0 Å². The van der Waals surface area contributed by atoms with Crippen molar-refractivity contribution in [1.82, 2.24) is 19.9 Å². The second kappa shape index (κ2) is 9.30. The summed E-state index contributed by atoms with van der Waals surface area (Å²) < 4.78 is 111. The van der Waals surface area contributed by atoms with E-state index in [2.05, 4.69) is 20.1 Å². The lowest BCUT2D eigenvalue weighted by Crippen LogP contribution is -2.63. The number of aliphatic hydroxyl groups is 1. The monoisotopic (exact) mass is 568 g/mol. The van der Waals surface area contributed by atoms with E-state index in [0.29, 0.717) is 12.3 Å². The highest BCUT2D eigenvalue weighted by molar-refractivity contribution is 7.93. The van der Waals surface area contributed by atoms with Crippen LogP contribution in [0.25, 0.3) is 5.52 Å². The minimum absolute atomic E-state index is 0.0464. The SMILES string of the molecule is CC1(NC(=O)c2cc3cc(Oc4ncc([C@H](O)C(F)(F)F)cc4OCC(F)(F)F)ccn3n2)CS(=O)(=O)C1. The first-order valence-corrected chi connectivity index (χ1v) is 12.4. The Hall–Kier alpha value is -3.60. The number of aliphatic hydroxyl groups excluding tert-OH is 1. The molecule has 2 N–H and O–H groups in total. The third kappa shape index (κ3) is 6.27. The summed E-state index contributed by atoms with van der Waals surface area (Å²) in [5.74, 6) is -2.55. The fourth-order valence-electron chi connectivity index (χ4n) is 3.72. The number of rotatable bonds is 7. The molecule has 0 saturated carbocycles. The molecule has 4 heterocycles. The molecule has 3 aromatic rings. The van der Waals surface area contributed by atoms with Gasteiger partial charge in [0, 0.05) is 24.0 Å². The lowest BCUT2D eigenvalue weighted by molar-refractivity contribution is -0.207. The van der Waals surface area contributed by atoms with Crippen LogP contribution in [-0.2, 0) is 9.84 Å². The number of carbonyl (C=O) groups excluding carboxylic acids is 1. The number of nitrogens with one attached hydrogen (secondary N) is 1. The molecule has 0 radical (unpaired) electrons. The molecule has 1 fully saturated rings. The first-order chi connectivity index (χ1) is 17.4. The Morgan fingerprint density at radius 2 is 1.89 bits per heavy atom. The van der Waals surface area contributed by atoms with Crippen molar-refractivity contribution in [3.8, 4) is 17.4 Å². The smallest absolute Gasteiger partial charge is 0.422 e. The van der Waals surface area contributed by atoms with Crippen LogP contribution >= 0.6 is 0 Å². The molecule has 1 aliphatic heterocycles. The van der Waals surface area contributed by atoms with E-state index < -0.39 is 63.5 Å². The highest BCUT2D eigenvalue weighted by Crippen LogP contribution is 2.38. The first-order valence-electron chi connectivity index (χ1n) is 10.6. The van der Waals surface area contributed by atoms with Crippen LogP contribution in [0.3, 0.4) is 0 Å². The van der Waals surface area contributed by atoms with E-state index in [1.54, 1.807) is 6.92 Å². The Kier molecular flexibility index (Phi) is 6.71. The summed E-state index contributed by atoms with van der Waals surface area (Å²) in [7, 11) is -3.21. The normalized spacial score (nSPS) is 17.5. The van der Waals surface area contributed by atoms with Crippen molar-refractivity contribution < 1.29 is 54.1 Å². The molecule has 10 nitrogen and oxygen atoms in total. The molecule has 0 bridgehead atoms. The minimum atomic E-state index is -5.10. The van der Waals surface area contributed by atoms with Crippen LogP contribution in [0.1, 0.15) is 29.1 Å². The number of nitrogens with zero attached hydrogens (tertiary/aromatic N) is 3. The van der Waals surface area contributed by atoms with Crippen LogP contribution in [0.15, 0.2) is 36.7 Å². The van der Waals surface area contributed by atoms with E-state index in [0.717, 1.165) is 0 Å². The third-order valence-corrected chi connectivity index (χ3v) is 7.38. The first kappa shape index (κ1) is 27.4. The molecule has 1 amide bonds. The predicted molar refractivity (Wildman–Crippen MR) is 117 cm³/mol. The number of amides is 1. The Morgan fingerprint density at radius 1 is 1.21 bits per heavy atom. The van der Waals surface area contributed by atoms with Crippen molar-refractivity contribution in [3.05, 3.63) is 47.9 Å². The second-order valence-electron chi connectivity index (χ2n) is 8.83. The van der Waals surface area contributed by atoms with Crippen molar-refractivity contribution in [2.45, 2.75) is 30.9 Å². The fraction of sp³-hybridized carbons (Fsp3) is 0.381. The lowest BCUT2D eigenvalue weighted by Gasteiger charge is -2.38. The van der Waals surface area contributed by atoms with Crippen molar-refractivity contribution in [3.63, 3.8) is 0 Å². The van der Waals surface area contributed by atoms with Crippen LogP contribution in [0.5, 0.6) is 17.4 Å². The maximum absolute atomic E-state index is 12.9. The second-order valence-corrected chi connectivity index (χ2v) is 10.9. The van der Waals surface area contributed by atoms with Gasteiger partial charge in [-0.2, -0.15) is 31.4 Å². The van der Waals surface area contributed by atoms with Crippen molar-refractivity contribution in [2.75, 3.05) is 18.1 Å². The van der Waals surface area contributed by atoms with Gasteiger partial charge in [0.25, 0.3) is 11.8 Å². The maximum atomic E-state index is 12.9. The number of aromatic nitrogens is 3. The van der Waals surface area contributed by atoms with Gasteiger partial charge in [0.1, 0.15) is 5.75 Å². The summed E-state index contributed by atoms with van der Waals surface area (Å²) >= 11 is 0. The van der Waals surface area contributed by atoms with E-state index in [9.17, 15) is 44.7 Å². The van der Waals surface area contributed by atoms with Gasteiger partial charge in [0.05, 0.1) is 22.6 Å². The number of sulfone groups is 1. The number of pyridine rings is 2. The summed E-state index contributed by atoms with van der Waals surface area (Å²) in [5, 5.41) is 16.1. The minimum Gasteiger partial charge on any atom is -0.478 e. The quantitative estimate of drug-likeness (QED) is 0.416. The Bertz CT molecular complexity index is 1480. The summed E-state index contributed by atoms with van der Waals surface area (Å²) in [6.07, 6.45) is -11.0. The zero-order chi connectivity index (χ0) is 28.1. The van der Waals surface area contributed by atoms with Gasteiger partial charge < -0.3 is 19.9 Å². The largest absolute Gasteiger partial charge is 0.478 e. The molecule has 38 heavy (non-hydrogen) atoms. The van der Waals surface area contributed by atoms with Crippen molar-refractivity contribution >= 4 is 21.3 Å². The van der Waals surface area contributed by atoms with Gasteiger partial charge >= 0.3 is 12.4 Å². The van der Waals surface area contributed by atoms with E-state index in [-0.39, 0.29) is 28.5 Å². The molecular formula is C21H18F6N4O6S. The number of ether oxygens (including phenoxy) is 2. The van der Waals surface area contributed by atoms with Crippen LogP contribution in [0.2, 0.25) is 0 Å². The number of hydrogen-bond acceptors (Lipinski definition) is 8. The van der Waals surface area contributed by atoms with Gasteiger partial charge in [-0.15, -0.1) is 0 Å². The van der Waals surface area contributed by atoms with Gasteiger partial charge in [-0.1, -0.05) is 0 Å². The molecule has 3 aromatic heterocycles. The van der Waals surface area contributed by atoms with Crippen molar-refractivity contribution in [2.24, 2.45) is 0 Å². The summed E-state index contributed by atoms with van der Waals surface area (Å²) in [6, 6.07) is 4.46. The van der Waals surface area contributed by atoms with Gasteiger partial charge in [0.15, 0.2) is 34.0 Å². The third-order valence-electron chi connectivity index (χ3n) is 5.23. The molecule has 206 valence electrons. The molecule has 0 spiro atoms. The van der Waals surface area contributed by atoms with Gasteiger partial charge in [-0.05, 0) is 25.1 Å². The topological polar surface area (TPSA) is 132 Å². The van der Waals surface area contributed by atoms with E-state index in [1.165, 1.54) is 28.9 Å². The van der Waals surface area contributed by atoms with Crippen LogP contribution in [-0.4, -0.2) is 70.0 Å². The number of fused-ring (bicyclic) bond motifs is 1. The molecule has 17 heteroatoms. The molecule has 0 aromatic carbocycles. The summed E-state index contributed by atoms with van der Waals surface area (Å²) in [4.78, 5) is 16.1. The van der Waals surface area contributed by atoms with Crippen molar-refractivity contribution in [1.29, 1.82) is 0 Å². The average Bonchev–Trinajstić information content (AvgIpc) is 3.19. The lowest BCUT2D eigenvalue weighted by atomic mass is 10.1. The predicted octanol–water partition coefficient (Wildman–Crippen LogP) is 2.98. The number of alkyl halides is 6. The zero-order valence-corrected chi connectivity index (χ0v) is 20.0. The molecule has 1 atom stereocenters. The maximum Gasteiger partial charge on any atom is 0.422 e. The molecule has 0 unspecified atom stereocenters. The summed E-state index contributed by atoms with van der Waals surface area (Å²) in [5.41, 5.74) is -1.59. The molecule has 0 aliphatic carbocycles. The molecular weight excluding hydrogens is 550 g/mol. The average molecular weight is 568 g/mol. The van der Waals surface area contributed by atoms with Gasteiger partial charge in [-0.25, -0.2) is 17.9 Å². The Morgan fingerprint density at radius 3 is 2.50 bits per heavy atom. The highest BCUT2D eigenvalue weighted by Gasteiger charge is 2.46. The molecule has 4 rings (SSSR count). The van der Waals surface area contributed by atoms with E-state index in [4.69, 9.17) is 4.74 Å². The molecule has 1 saturated heterocycles. The van der Waals surface area contributed by atoms with Crippen LogP contribution in [0, 0.1) is 0 Å². The molecule has 1 aliphatic rings. The summed E-state index contributed by atoms with van der Waals surface area (Å²) in [6.45, 7) is -0.297. The van der Waals surface area contributed by atoms with E-state index in [1.807, 2.05) is 0 Å². The number of carbonyl (C=O) groups is 1. The van der Waals surface area contributed by atoms with Gasteiger partial charge in [-0.3, -0.25) is 4.79 Å². The number of halogens is 6. The Balaban J connectivity index is 1.57. The number of hydrogen-bond donors (Lipinski definition) is 2.